The van der Waals surface area contributed by atoms with Gasteiger partial charge in [0.1, 0.15) is 0 Å². The van der Waals surface area contributed by atoms with Crippen LogP contribution in [0.4, 0.5) is 11.4 Å². The highest BCUT2D eigenvalue weighted by atomic mass is 32.2. The zero-order chi connectivity index (χ0) is 14.6. The largest absolute Gasteiger partial charge is 0.326 e. The van der Waals surface area contributed by atoms with Crippen molar-refractivity contribution >= 4 is 27.3 Å². The van der Waals surface area contributed by atoms with Crippen molar-refractivity contribution in [2.75, 3.05) is 23.1 Å². The summed E-state index contributed by atoms with van der Waals surface area (Å²) in [5.74, 6) is -0.161. The minimum Gasteiger partial charge on any atom is -0.326 e. The van der Waals surface area contributed by atoms with Crippen molar-refractivity contribution in [2.24, 2.45) is 0 Å². The lowest BCUT2D eigenvalue weighted by molar-refractivity contribution is -0.114. The number of sulfonamides is 1. The number of piperidine rings is 1. The molecule has 20 heavy (non-hydrogen) atoms. The van der Waals surface area contributed by atoms with E-state index in [1.54, 1.807) is 24.3 Å². The van der Waals surface area contributed by atoms with Crippen molar-refractivity contribution < 1.29 is 13.2 Å². The summed E-state index contributed by atoms with van der Waals surface area (Å²) in [5.41, 5.74) is 1.14. The Balaban J connectivity index is 2.03. The molecular weight excluding hydrogens is 278 g/mol. The molecule has 0 bridgehead atoms. The van der Waals surface area contributed by atoms with Crippen molar-refractivity contribution in [2.45, 2.75) is 25.0 Å². The molecule has 0 aromatic heterocycles. The predicted octanol–water partition coefficient (Wildman–Crippen LogP) is 1.14. The third kappa shape index (κ3) is 3.94. The van der Waals surface area contributed by atoms with Crippen molar-refractivity contribution in [3.8, 4) is 0 Å². The Morgan fingerprint density at radius 1 is 1.25 bits per heavy atom. The topological polar surface area (TPSA) is 87.3 Å². The molecule has 7 heteroatoms. The van der Waals surface area contributed by atoms with Crippen molar-refractivity contribution in [1.82, 2.24) is 5.32 Å². The van der Waals surface area contributed by atoms with Crippen LogP contribution in [0.3, 0.4) is 0 Å². The molecule has 1 aromatic rings. The van der Waals surface area contributed by atoms with Crippen molar-refractivity contribution in [3.63, 3.8) is 0 Å². The van der Waals surface area contributed by atoms with Gasteiger partial charge in [0.05, 0.1) is 5.25 Å². The second kappa shape index (κ2) is 6.23. The van der Waals surface area contributed by atoms with Crippen molar-refractivity contribution in [3.05, 3.63) is 24.3 Å². The standard InChI is InChI=1S/C13H19N3O3S/c1-10(17)15-11-4-6-12(7-5-11)16-20(18,19)13-3-2-8-14-9-13/h4-7,13-14,16H,2-3,8-9H2,1H3,(H,15,17). The van der Waals surface area contributed by atoms with Gasteiger partial charge in [-0.25, -0.2) is 8.42 Å². The first-order chi connectivity index (χ1) is 9.47. The second-order valence-corrected chi connectivity index (χ2v) is 6.83. The SMILES string of the molecule is CC(=O)Nc1ccc(NS(=O)(=O)C2CCCNC2)cc1. The summed E-state index contributed by atoms with van der Waals surface area (Å²) in [7, 11) is -3.37. The van der Waals surface area contributed by atoms with Crippen LogP contribution in [0, 0.1) is 0 Å². The number of rotatable bonds is 4. The Morgan fingerprint density at radius 3 is 2.45 bits per heavy atom. The van der Waals surface area contributed by atoms with Crippen LogP contribution >= 0.6 is 0 Å². The lowest BCUT2D eigenvalue weighted by atomic mass is 10.2. The Bertz CT molecular complexity index is 563. The number of benzene rings is 1. The van der Waals surface area contributed by atoms with Crippen LogP contribution in [0.2, 0.25) is 0 Å². The van der Waals surface area contributed by atoms with Gasteiger partial charge < -0.3 is 10.6 Å². The number of amides is 1. The van der Waals surface area contributed by atoms with E-state index in [0.717, 1.165) is 13.0 Å². The van der Waals surface area contributed by atoms with E-state index in [1.165, 1.54) is 6.92 Å². The smallest absolute Gasteiger partial charge is 0.236 e. The van der Waals surface area contributed by atoms with Crippen LogP contribution in [0.5, 0.6) is 0 Å². The molecule has 6 nitrogen and oxygen atoms in total. The molecule has 1 aliphatic heterocycles. The molecule has 1 amide bonds. The normalized spacial score (nSPS) is 19.4. The molecule has 0 radical (unpaired) electrons. The lowest BCUT2D eigenvalue weighted by Gasteiger charge is -2.23. The molecule has 2 rings (SSSR count). The third-order valence-corrected chi connectivity index (χ3v) is 4.96. The molecule has 1 fully saturated rings. The third-order valence-electron chi connectivity index (χ3n) is 3.16. The van der Waals surface area contributed by atoms with Gasteiger partial charge in [0.2, 0.25) is 15.9 Å². The highest BCUT2D eigenvalue weighted by molar-refractivity contribution is 7.93. The number of nitrogens with one attached hydrogen (secondary N) is 3. The summed E-state index contributed by atoms with van der Waals surface area (Å²) < 4.78 is 27.0. The van der Waals surface area contributed by atoms with Gasteiger partial charge in [0, 0.05) is 24.8 Å². The van der Waals surface area contributed by atoms with Crippen LogP contribution < -0.4 is 15.4 Å². The van der Waals surface area contributed by atoms with Gasteiger partial charge in [-0.05, 0) is 43.7 Å². The fourth-order valence-corrected chi connectivity index (χ4v) is 3.60. The first kappa shape index (κ1) is 14.8. The zero-order valence-electron chi connectivity index (χ0n) is 11.3. The molecule has 3 N–H and O–H groups in total. The highest BCUT2D eigenvalue weighted by Gasteiger charge is 2.26. The van der Waals surface area contributed by atoms with Gasteiger partial charge in [0.25, 0.3) is 0 Å². The Kier molecular flexibility index (Phi) is 4.61. The Labute approximate surface area is 119 Å². The fraction of sp³-hybridized carbons (Fsp3) is 0.462. The van der Waals surface area contributed by atoms with E-state index in [1.807, 2.05) is 0 Å². The fourth-order valence-electron chi connectivity index (χ4n) is 2.16. The number of carbonyl (C=O) groups is 1. The van der Waals surface area contributed by atoms with Gasteiger partial charge >= 0.3 is 0 Å². The van der Waals surface area contributed by atoms with E-state index in [0.29, 0.717) is 24.3 Å². The van der Waals surface area contributed by atoms with Gasteiger partial charge in [-0.15, -0.1) is 0 Å². The summed E-state index contributed by atoms with van der Waals surface area (Å²) in [5, 5.41) is 5.33. The van der Waals surface area contributed by atoms with E-state index in [2.05, 4.69) is 15.4 Å². The van der Waals surface area contributed by atoms with Gasteiger partial charge in [-0.2, -0.15) is 0 Å². The van der Waals surface area contributed by atoms with Crippen LogP contribution in [-0.2, 0) is 14.8 Å². The van der Waals surface area contributed by atoms with E-state index in [-0.39, 0.29) is 5.91 Å². The quantitative estimate of drug-likeness (QED) is 0.777. The molecule has 110 valence electrons. The van der Waals surface area contributed by atoms with Crippen LogP contribution in [-0.4, -0.2) is 32.7 Å². The monoisotopic (exact) mass is 297 g/mol. The average molecular weight is 297 g/mol. The molecule has 1 atom stereocenters. The van der Waals surface area contributed by atoms with Crippen LogP contribution in [0.1, 0.15) is 19.8 Å². The maximum absolute atomic E-state index is 12.2. The summed E-state index contributed by atoms with van der Waals surface area (Å²) in [6.07, 6.45) is 1.54. The highest BCUT2D eigenvalue weighted by Crippen LogP contribution is 2.18. The molecule has 1 saturated heterocycles. The summed E-state index contributed by atoms with van der Waals surface area (Å²) in [4.78, 5) is 10.9. The summed E-state index contributed by atoms with van der Waals surface area (Å²) >= 11 is 0. The summed E-state index contributed by atoms with van der Waals surface area (Å²) in [6.45, 7) is 2.78. The molecule has 1 unspecified atom stereocenters. The molecule has 0 aliphatic carbocycles. The maximum Gasteiger partial charge on any atom is 0.236 e. The summed E-state index contributed by atoms with van der Waals surface area (Å²) in [6, 6.07) is 6.61. The van der Waals surface area contributed by atoms with Gasteiger partial charge in [-0.1, -0.05) is 0 Å². The van der Waals surface area contributed by atoms with E-state index in [9.17, 15) is 13.2 Å². The first-order valence-corrected chi connectivity index (χ1v) is 8.12. The van der Waals surface area contributed by atoms with Crippen LogP contribution in [0.25, 0.3) is 0 Å². The maximum atomic E-state index is 12.2. The minimum absolute atomic E-state index is 0.161. The van der Waals surface area contributed by atoms with Crippen molar-refractivity contribution in [1.29, 1.82) is 0 Å². The molecule has 1 aliphatic rings. The zero-order valence-corrected chi connectivity index (χ0v) is 12.2. The minimum atomic E-state index is -3.37. The van der Waals surface area contributed by atoms with E-state index in [4.69, 9.17) is 0 Å². The van der Waals surface area contributed by atoms with E-state index >= 15 is 0 Å². The molecule has 1 aromatic carbocycles. The molecular formula is C13H19N3O3S. The second-order valence-electron chi connectivity index (χ2n) is 4.87. The van der Waals surface area contributed by atoms with Crippen LogP contribution in [0.15, 0.2) is 24.3 Å². The average Bonchev–Trinajstić information content (AvgIpc) is 2.41. The Hall–Kier alpha value is -1.60. The number of carbonyl (C=O) groups excluding carboxylic acids is 1. The first-order valence-electron chi connectivity index (χ1n) is 6.57. The number of anilines is 2. The van der Waals surface area contributed by atoms with Gasteiger partial charge in [0.15, 0.2) is 0 Å². The lowest BCUT2D eigenvalue weighted by Crippen LogP contribution is -2.41. The van der Waals surface area contributed by atoms with Gasteiger partial charge in [-0.3, -0.25) is 9.52 Å². The molecule has 0 saturated carbocycles. The number of hydrogen-bond donors (Lipinski definition) is 3. The predicted molar refractivity (Wildman–Crippen MR) is 79.2 cm³/mol. The molecule has 0 spiro atoms. The van der Waals surface area contributed by atoms with E-state index < -0.39 is 15.3 Å². The Morgan fingerprint density at radius 2 is 1.90 bits per heavy atom. The number of hydrogen-bond acceptors (Lipinski definition) is 4. The molecule has 1 heterocycles.